The molecule has 2 rings (SSSR count). The van der Waals surface area contributed by atoms with Gasteiger partial charge in [-0.2, -0.15) is 0 Å². The van der Waals surface area contributed by atoms with Crippen LogP contribution in [-0.4, -0.2) is 34.0 Å². The third-order valence-corrected chi connectivity index (χ3v) is 6.79. The summed E-state index contributed by atoms with van der Waals surface area (Å²) in [7, 11) is 0. The van der Waals surface area contributed by atoms with Crippen LogP contribution < -0.4 is 5.32 Å². The molecule has 0 bridgehead atoms. The zero-order chi connectivity index (χ0) is 24.6. The van der Waals surface area contributed by atoms with Gasteiger partial charge in [-0.1, -0.05) is 47.8 Å². The molecular formula is C25H31Cl3N2O2S. The molecule has 0 aliphatic carbocycles. The molecule has 0 aliphatic rings. The van der Waals surface area contributed by atoms with Gasteiger partial charge in [-0.15, -0.1) is 11.8 Å². The molecule has 0 radical (unpaired) electrons. The van der Waals surface area contributed by atoms with Gasteiger partial charge >= 0.3 is 0 Å². The molecular weight excluding hydrogens is 499 g/mol. The molecule has 0 saturated heterocycles. The monoisotopic (exact) mass is 528 g/mol. The zero-order valence-corrected chi connectivity index (χ0v) is 22.5. The number of carbonyl (C=O) groups is 2. The van der Waals surface area contributed by atoms with Crippen LogP contribution in [0.15, 0.2) is 47.4 Å². The van der Waals surface area contributed by atoms with Crippen LogP contribution in [0.2, 0.25) is 15.1 Å². The number of carbonyl (C=O) groups excluding carboxylic acids is 2. The van der Waals surface area contributed by atoms with E-state index in [4.69, 9.17) is 34.8 Å². The number of benzene rings is 2. The Hall–Kier alpha value is -1.40. The largest absolute Gasteiger partial charge is 0.350 e. The van der Waals surface area contributed by atoms with Crippen molar-refractivity contribution in [3.8, 4) is 0 Å². The molecule has 0 fully saturated rings. The van der Waals surface area contributed by atoms with E-state index in [0.29, 0.717) is 34.3 Å². The lowest BCUT2D eigenvalue weighted by Crippen LogP contribution is -2.53. The van der Waals surface area contributed by atoms with Gasteiger partial charge in [-0.25, -0.2) is 0 Å². The first-order valence-electron chi connectivity index (χ1n) is 10.9. The molecule has 33 heavy (non-hydrogen) atoms. The van der Waals surface area contributed by atoms with Crippen molar-refractivity contribution >= 4 is 58.4 Å². The highest BCUT2D eigenvalue weighted by atomic mass is 35.5. The highest BCUT2D eigenvalue weighted by Gasteiger charge is 2.30. The summed E-state index contributed by atoms with van der Waals surface area (Å²) < 4.78 is 0. The van der Waals surface area contributed by atoms with Gasteiger partial charge in [0.1, 0.15) is 6.04 Å². The number of nitrogens with zero attached hydrogens (tertiary/aromatic N) is 1. The second kappa shape index (κ2) is 12.9. The van der Waals surface area contributed by atoms with Gasteiger partial charge in [0, 0.05) is 38.5 Å². The Morgan fingerprint density at radius 3 is 2.24 bits per heavy atom. The normalized spacial score (nSPS) is 12.3. The maximum Gasteiger partial charge on any atom is 0.243 e. The van der Waals surface area contributed by atoms with Gasteiger partial charge in [0.15, 0.2) is 0 Å². The highest BCUT2D eigenvalue weighted by Crippen LogP contribution is 2.25. The summed E-state index contributed by atoms with van der Waals surface area (Å²) in [6.45, 7) is 7.93. The standard InChI is InChI=1S/C25H31Cl3N2O2S/c1-5-22(24(32)29-25(2,3)4)30(16-17-8-9-19(27)15-21(17)28)23(31)7-6-14-33-20-12-10-18(26)11-13-20/h8-13,15,22H,5-7,14,16H2,1-4H3,(H,29,32)/t22-/m1/s1. The van der Waals surface area contributed by atoms with Crippen molar-refractivity contribution in [3.63, 3.8) is 0 Å². The molecule has 180 valence electrons. The smallest absolute Gasteiger partial charge is 0.243 e. The van der Waals surface area contributed by atoms with Crippen LogP contribution in [0, 0.1) is 0 Å². The van der Waals surface area contributed by atoms with Crippen molar-refractivity contribution in [2.24, 2.45) is 0 Å². The summed E-state index contributed by atoms with van der Waals surface area (Å²) in [5.74, 6) is 0.543. The van der Waals surface area contributed by atoms with Crippen LogP contribution >= 0.6 is 46.6 Å². The van der Waals surface area contributed by atoms with Gasteiger partial charge in [0.2, 0.25) is 11.8 Å². The topological polar surface area (TPSA) is 49.4 Å². The molecule has 2 amide bonds. The third kappa shape index (κ3) is 9.40. The lowest BCUT2D eigenvalue weighted by atomic mass is 10.0. The summed E-state index contributed by atoms with van der Waals surface area (Å²) in [6, 6.07) is 12.2. The van der Waals surface area contributed by atoms with Gasteiger partial charge in [0.25, 0.3) is 0 Å². The minimum absolute atomic E-state index is 0.0753. The lowest BCUT2D eigenvalue weighted by molar-refractivity contribution is -0.142. The summed E-state index contributed by atoms with van der Waals surface area (Å²) >= 11 is 20.0. The van der Waals surface area contributed by atoms with Crippen molar-refractivity contribution in [3.05, 3.63) is 63.1 Å². The minimum Gasteiger partial charge on any atom is -0.350 e. The van der Waals surface area contributed by atoms with Crippen LogP contribution in [0.4, 0.5) is 0 Å². The molecule has 0 saturated carbocycles. The van der Waals surface area contributed by atoms with E-state index in [9.17, 15) is 9.59 Å². The van der Waals surface area contributed by atoms with Crippen molar-refractivity contribution in [1.82, 2.24) is 10.2 Å². The van der Waals surface area contributed by atoms with Crippen LogP contribution in [0.3, 0.4) is 0 Å². The fourth-order valence-corrected chi connectivity index (χ4v) is 4.74. The van der Waals surface area contributed by atoms with Crippen molar-refractivity contribution in [2.45, 2.75) is 70.0 Å². The number of halogens is 3. The Labute approximate surface area is 216 Å². The maximum absolute atomic E-state index is 13.3. The quantitative estimate of drug-likeness (QED) is 0.261. The maximum atomic E-state index is 13.3. The number of amides is 2. The Morgan fingerprint density at radius 1 is 1.03 bits per heavy atom. The van der Waals surface area contributed by atoms with Gasteiger partial charge < -0.3 is 10.2 Å². The molecule has 2 aromatic rings. The number of nitrogens with one attached hydrogen (secondary N) is 1. The third-order valence-electron chi connectivity index (χ3n) is 4.86. The minimum atomic E-state index is -0.590. The van der Waals surface area contributed by atoms with E-state index >= 15 is 0 Å². The number of thioether (sulfide) groups is 1. The Balaban J connectivity index is 2.12. The highest BCUT2D eigenvalue weighted by molar-refractivity contribution is 7.99. The molecule has 0 unspecified atom stereocenters. The molecule has 4 nitrogen and oxygen atoms in total. The van der Waals surface area contributed by atoms with Crippen molar-refractivity contribution < 1.29 is 9.59 Å². The Kier molecular flexibility index (Phi) is 10.9. The molecule has 8 heteroatoms. The number of rotatable bonds is 10. The first kappa shape index (κ1) is 27.8. The van der Waals surface area contributed by atoms with Gasteiger partial charge in [-0.05, 0) is 81.3 Å². The van der Waals surface area contributed by atoms with E-state index in [1.54, 1.807) is 34.9 Å². The first-order chi connectivity index (χ1) is 15.5. The molecule has 2 aromatic carbocycles. The molecule has 1 atom stereocenters. The average molecular weight is 530 g/mol. The van der Waals surface area contributed by atoms with Crippen LogP contribution in [-0.2, 0) is 16.1 Å². The SMILES string of the molecule is CC[C@H](C(=O)NC(C)(C)C)N(Cc1ccc(Cl)cc1Cl)C(=O)CCCSc1ccc(Cl)cc1. The number of hydrogen-bond donors (Lipinski definition) is 1. The van der Waals surface area contributed by atoms with E-state index in [1.807, 2.05) is 52.0 Å². The van der Waals surface area contributed by atoms with Crippen LogP contribution in [0.1, 0.15) is 52.5 Å². The fraction of sp³-hybridized carbons (Fsp3) is 0.440. The molecule has 0 aliphatic heterocycles. The second-order valence-electron chi connectivity index (χ2n) is 8.83. The zero-order valence-electron chi connectivity index (χ0n) is 19.5. The van der Waals surface area contributed by atoms with Gasteiger partial charge in [0.05, 0.1) is 0 Å². The van der Waals surface area contributed by atoms with E-state index in [-0.39, 0.29) is 18.4 Å². The average Bonchev–Trinajstić information content (AvgIpc) is 2.72. The Morgan fingerprint density at radius 2 is 1.67 bits per heavy atom. The van der Waals surface area contributed by atoms with Gasteiger partial charge in [-0.3, -0.25) is 9.59 Å². The molecule has 0 heterocycles. The van der Waals surface area contributed by atoms with Crippen LogP contribution in [0.5, 0.6) is 0 Å². The molecule has 0 spiro atoms. The lowest BCUT2D eigenvalue weighted by Gasteiger charge is -2.33. The van der Waals surface area contributed by atoms with Crippen molar-refractivity contribution in [1.29, 1.82) is 0 Å². The fourth-order valence-electron chi connectivity index (χ4n) is 3.29. The van der Waals surface area contributed by atoms with E-state index < -0.39 is 11.6 Å². The first-order valence-corrected chi connectivity index (χ1v) is 13.1. The summed E-state index contributed by atoms with van der Waals surface area (Å²) in [4.78, 5) is 29.1. The predicted octanol–water partition coefficient (Wildman–Crippen LogP) is 7.24. The van der Waals surface area contributed by atoms with Crippen LogP contribution in [0.25, 0.3) is 0 Å². The van der Waals surface area contributed by atoms with E-state index in [1.165, 1.54) is 0 Å². The summed E-state index contributed by atoms with van der Waals surface area (Å²) in [6.07, 6.45) is 1.53. The van der Waals surface area contributed by atoms with Crippen molar-refractivity contribution in [2.75, 3.05) is 5.75 Å². The summed E-state index contributed by atoms with van der Waals surface area (Å²) in [5.41, 5.74) is 0.360. The van der Waals surface area contributed by atoms with E-state index in [0.717, 1.165) is 16.2 Å². The molecule has 1 N–H and O–H groups in total. The second-order valence-corrected chi connectivity index (χ2v) is 11.3. The van der Waals surface area contributed by atoms with E-state index in [2.05, 4.69) is 5.32 Å². The Bertz CT molecular complexity index is 946. The molecule has 0 aromatic heterocycles. The predicted molar refractivity (Wildman–Crippen MR) is 140 cm³/mol. The number of hydrogen-bond acceptors (Lipinski definition) is 3. The summed E-state index contributed by atoms with van der Waals surface area (Å²) in [5, 5.41) is 4.71.